The number of hydrogen-bond donors (Lipinski definition) is 0. The van der Waals surface area contributed by atoms with Gasteiger partial charge in [0.25, 0.3) is 0 Å². The highest BCUT2D eigenvalue weighted by Crippen LogP contribution is 2.24. The van der Waals surface area contributed by atoms with Crippen LogP contribution in [0.25, 0.3) is 10.8 Å². The van der Waals surface area contributed by atoms with Crippen molar-refractivity contribution in [3.05, 3.63) is 42.5 Å². The quantitative estimate of drug-likeness (QED) is 0.767. The van der Waals surface area contributed by atoms with Gasteiger partial charge in [-0.3, -0.25) is 9.10 Å². The Bertz CT molecular complexity index is 771. The smallest absolute Gasteiger partial charge is 0.326 e. The Morgan fingerprint density at radius 1 is 1.09 bits per heavy atom. The van der Waals surface area contributed by atoms with E-state index in [4.69, 9.17) is 4.74 Å². The summed E-state index contributed by atoms with van der Waals surface area (Å²) >= 11 is 0. The molecular weight excluding hydrogens is 302 g/mol. The highest BCUT2D eigenvalue weighted by atomic mass is 32.2. The number of anilines is 1. The largest absolute Gasteiger partial charge is 0.465 e. The topological polar surface area (TPSA) is 63.7 Å². The van der Waals surface area contributed by atoms with E-state index in [0.717, 1.165) is 15.1 Å². The van der Waals surface area contributed by atoms with Crippen LogP contribution in [0.5, 0.6) is 0 Å². The van der Waals surface area contributed by atoms with E-state index in [1.807, 2.05) is 30.3 Å². The molecule has 0 saturated heterocycles. The summed E-state index contributed by atoms with van der Waals surface area (Å²) in [6, 6.07) is 13.0. The summed E-state index contributed by atoms with van der Waals surface area (Å²) < 4.78 is 30.6. The average Bonchev–Trinajstić information content (AvgIpc) is 2.52. The predicted molar refractivity (Wildman–Crippen MR) is 87.4 cm³/mol. The number of benzene rings is 2. The molecule has 2 aromatic carbocycles. The van der Waals surface area contributed by atoms with Crippen LogP contribution in [0.1, 0.15) is 13.8 Å². The van der Waals surface area contributed by atoms with Crippen molar-refractivity contribution in [1.29, 1.82) is 0 Å². The van der Waals surface area contributed by atoms with E-state index in [9.17, 15) is 13.2 Å². The normalized spacial score (nSPS) is 11.4. The van der Waals surface area contributed by atoms with E-state index in [-0.39, 0.29) is 18.9 Å². The zero-order valence-corrected chi connectivity index (χ0v) is 13.5. The Morgan fingerprint density at radius 2 is 1.77 bits per heavy atom. The molecule has 0 aromatic heterocycles. The summed E-state index contributed by atoms with van der Waals surface area (Å²) in [4.78, 5) is 11.7. The zero-order valence-electron chi connectivity index (χ0n) is 12.7. The average molecular weight is 321 g/mol. The molecule has 0 N–H and O–H groups in total. The van der Waals surface area contributed by atoms with Gasteiger partial charge in [-0.05, 0) is 36.8 Å². The summed E-state index contributed by atoms with van der Waals surface area (Å²) in [5.41, 5.74) is 0.466. The standard InChI is InChI=1S/C16H19NO4S/c1-3-21-16(18)12-17(22(19,20)4-2)15-10-9-13-7-5-6-8-14(13)11-15/h5-11H,3-4,12H2,1-2H3. The van der Waals surface area contributed by atoms with E-state index in [0.29, 0.717) is 5.69 Å². The number of carbonyl (C=O) groups excluding carboxylic acids is 1. The highest BCUT2D eigenvalue weighted by Gasteiger charge is 2.24. The first-order chi connectivity index (χ1) is 10.5. The molecule has 0 aliphatic heterocycles. The fourth-order valence-corrected chi connectivity index (χ4v) is 3.21. The zero-order chi connectivity index (χ0) is 16.2. The molecule has 0 unspecified atom stereocenters. The number of fused-ring (bicyclic) bond motifs is 1. The van der Waals surface area contributed by atoms with Crippen LogP contribution < -0.4 is 4.31 Å². The monoisotopic (exact) mass is 321 g/mol. The van der Waals surface area contributed by atoms with Gasteiger partial charge in [-0.2, -0.15) is 0 Å². The Labute approximate surface area is 130 Å². The predicted octanol–water partition coefficient (Wildman–Crippen LogP) is 2.56. The summed E-state index contributed by atoms with van der Waals surface area (Å²) in [5, 5.41) is 1.93. The molecule has 0 amide bonds. The lowest BCUT2D eigenvalue weighted by Crippen LogP contribution is -2.37. The number of hydrogen-bond acceptors (Lipinski definition) is 4. The third-order valence-electron chi connectivity index (χ3n) is 3.30. The van der Waals surface area contributed by atoms with Gasteiger partial charge in [-0.1, -0.05) is 30.3 Å². The van der Waals surface area contributed by atoms with Crippen LogP contribution in [0.2, 0.25) is 0 Å². The van der Waals surface area contributed by atoms with E-state index >= 15 is 0 Å². The second kappa shape index (κ2) is 6.79. The van der Waals surface area contributed by atoms with Crippen LogP contribution in [0, 0.1) is 0 Å². The number of rotatable bonds is 6. The van der Waals surface area contributed by atoms with Crippen molar-refractivity contribution in [2.24, 2.45) is 0 Å². The lowest BCUT2D eigenvalue weighted by Gasteiger charge is -2.23. The molecule has 0 radical (unpaired) electrons. The molecule has 2 aromatic rings. The van der Waals surface area contributed by atoms with Gasteiger partial charge in [0.05, 0.1) is 18.0 Å². The summed E-state index contributed by atoms with van der Waals surface area (Å²) in [6.45, 7) is 3.14. The molecule has 0 bridgehead atoms. The SMILES string of the molecule is CCOC(=O)CN(c1ccc2ccccc2c1)S(=O)(=O)CC. The van der Waals surface area contributed by atoms with E-state index in [1.165, 1.54) is 0 Å². The molecule has 2 rings (SSSR count). The molecule has 0 saturated carbocycles. The van der Waals surface area contributed by atoms with Gasteiger partial charge >= 0.3 is 5.97 Å². The number of nitrogens with zero attached hydrogens (tertiary/aromatic N) is 1. The van der Waals surface area contributed by atoms with Gasteiger partial charge in [-0.25, -0.2) is 8.42 Å². The van der Waals surface area contributed by atoms with Crippen LogP contribution in [-0.4, -0.2) is 33.3 Å². The van der Waals surface area contributed by atoms with Crippen molar-refractivity contribution >= 4 is 32.5 Å². The third kappa shape index (κ3) is 3.57. The molecule has 0 heterocycles. The van der Waals surface area contributed by atoms with E-state index in [2.05, 4.69) is 0 Å². The van der Waals surface area contributed by atoms with Gasteiger partial charge in [0.2, 0.25) is 10.0 Å². The third-order valence-corrected chi connectivity index (χ3v) is 5.04. The molecule has 5 nitrogen and oxygen atoms in total. The van der Waals surface area contributed by atoms with Crippen molar-refractivity contribution in [1.82, 2.24) is 0 Å². The molecule has 6 heteroatoms. The van der Waals surface area contributed by atoms with Gasteiger partial charge < -0.3 is 4.74 Å². The number of ether oxygens (including phenoxy) is 1. The Kier molecular flexibility index (Phi) is 5.03. The summed E-state index contributed by atoms with van der Waals surface area (Å²) in [7, 11) is -3.56. The molecule has 0 fully saturated rings. The number of sulfonamides is 1. The number of esters is 1. The maximum absolute atomic E-state index is 12.3. The van der Waals surface area contributed by atoms with Crippen molar-refractivity contribution in [3.63, 3.8) is 0 Å². The first kappa shape index (κ1) is 16.3. The summed E-state index contributed by atoms with van der Waals surface area (Å²) in [5.74, 6) is -0.646. The maximum atomic E-state index is 12.3. The molecule has 22 heavy (non-hydrogen) atoms. The van der Waals surface area contributed by atoms with Gasteiger partial charge in [-0.15, -0.1) is 0 Å². The van der Waals surface area contributed by atoms with Crippen molar-refractivity contribution in [3.8, 4) is 0 Å². The second-order valence-electron chi connectivity index (χ2n) is 4.74. The first-order valence-corrected chi connectivity index (χ1v) is 8.73. The van der Waals surface area contributed by atoms with E-state index < -0.39 is 16.0 Å². The van der Waals surface area contributed by atoms with Crippen LogP contribution in [0.3, 0.4) is 0 Å². The lowest BCUT2D eigenvalue weighted by atomic mass is 10.1. The Morgan fingerprint density at radius 3 is 2.41 bits per heavy atom. The van der Waals surface area contributed by atoms with Crippen LogP contribution >= 0.6 is 0 Å². The van der Waals surface area contributed by atoms with Crippen LogP contribution in [0.4, 0.5) is 5.69 Å². The van der Waals surface area contributed by atoms with Gasteiger partial charge in [0, 0.05) is 0 Å². The minimum Gasteiger partial charge on any atom is -0.465 e. The van der Waals surface area contributed by atoms with Crippen molar-refractivity contribution in [2.45, 2.75) is 13.8 Å². The minimum atomic E-state index is -3.56. The molecule has 118 valence electrons. The molecule has 0 aliphatic carbocycles. The fraction of sp³-hybridized carbons (Fsp3) is 0.312. The van der Waals surface area contributed by atoms with Crippen molar-refractivity contribution < 1.29 is 17.9 Å². The van der Waals surface area contributed by atoms with Crippen molar-refractivity contribution in [2.75, 3.05) is 23.2 Å². The second-order valence-corrected chi connectivity index (χ2v) is 6.93. The fourth-order valence-electron chi connectivity index (χ4n) is 2.16. The van der Waals surface area contributed by atoms with Gasteiger partial charge in [0.15, 0.2) is 0 Å². The number of carbonyl (C=O) groups is 1. The molecular formula is C16H19NO4S. The van der Waals surface area contributed by atoms with E-state index in [1.54, 1.807) is 26.0 Å². The maximum Gasteiger partial charge on any atom is 0.326 e. The molecule has 0 spiro atoms. The summed E-state index contributed by atoms with van der Waals surface area (Å²) in [6.07, 6.45) is 0. The Hall–Kier alpha value is -2.08. The lowest BCUT2D eigenvalue weighted by molar-refractivity contribution is -0.141. The van der Waals surface area contributed by atoms with Crippen LogP contribution in [0.15, 0.2) is 42.5 Å². The van der Waals surface area contributed by atoms with Gasteiger partial charge in [0.1, 0.15) is 6.54 Å². The first-order valence-electron chi connectivity index (χ1n) is 7.12. The Balaban J connectivity index is 2.44. The minimum absolute atomic E-state index is 0.0841. The molecule has 0 aliphatic rings. The molecule has 0 atom stereocenters. The highest BCUT2D eigenvalue weighted by molar-refractivity contribution is 7.92. The van der Waals surface area contributed by atoms with Crippen LogP contribution in [-0.2, 0) is 19.6 Å².